The van der Waals surface area contributed by atoms with E-state index in [1.54, 1.807) is 0 Å². The minimum Gasteiger partial charge on any atom is -0.495 e. The number of hydrogen-bond acceptors (Lipinski definition) is 5. The van der Waals surface area contributed by atoms with Crippen LogP contribution in [0.15, 0.2) is 16.6 Å². The van der Waals surface area contributed by atoms with E-state index in [1.165, 1.54) is 26.4 Å². The molecule has 0 bridgehead atoms. The van der Waals surface area contributed by atoms with E-state index in [-0.39, 0.29) is 24.2 Å². The molecule has 0 heterocycles. The van der Waals surface area contributed by atoms with Crippen molar-refractivity contribution in [2.45, 2.75) is 6.42 Å². The van der Waals surface area contributed by atoms with Crippen LogP contribution in [0.1, 0.15) is 16.8 Å². The molecule has 0 aromatic heterocycles. The number of rotatable bonds is 6. The fraction of sp³-hybridized carbons (Fsp3) is 0.308. The molecule has 0 unspecified atom stereocenters. The first kappa shape index (κ1) is 17.8. The predicted octanol–water partition coefficient (Wildman–Crippen LogP) is 1.84. The second-order valence-electron chi connectivity index (χ2n) is 4.05. The topological polar surface area (TPSA) is 114 Å². The van der Waals surface area contributed by atoms with E-state index in [4.69, 9.17) is 9.84 Å². The quantitative estimate of drug-likeness (QED) is 0.654. The summed E-state index contributed by atoms with van der Waals surface area (Å²) in [6.07, 6.45) is -0.207. The highest BCUT2D eigenvalue weighted by atomic mass is 79.9. The van der Waals surface area contributed by atoms with E-state index >= 15 is 0 Å². The Balaban J connectivity index is 2.93. The van der Waals surface area contributed by atoms with Crippen LogP contribution in [0.5, 0.6) is 5.75 Å². The van der Waals surface area contributed by atoms with Gasteiger partial charge in [-0.3, -0.25) is 4.79 Å². The largest absolute Gasteiger partial charge is 0.495 e. The summed E-state index contributed by atoms with van der Waals surface area (Å²) in [7, 11) is 2.66. The first-order valence-corrected chi connectivity index (χ1v) is 6.90. The number of esters is 1. The SMILES string of the molecule is COC(=O)c1cc(Br)c(OC)cc1NC(=O)NCCC(=O)O. The fourth-order valence-corrected chi connectivity index (χ4v) is 2.05. The number of carbonyl (C=O) groups is 3. The Kier molecular flexibility index (Phi) is 6.64. The lowest BCUT2D eigenvalue weighted by Crippen LogP contribution is -2.31. The first-order valence-electron chi connectivity index (χ1n) is 6.11. The molecule has 0 aliphatic rings. The van der Waals surface area contributed by atoms with Crippen molar-refractivity contribution in [3.8, 4) is 5.75 Å². The smallest absolute Gasteiger partial charge is 0.340 e. The second-order valence-corrected chi connectivity index (χ2v) is 4.90. The average Bonchev–Trinajstić information content (AvgIpc) is 2.47. The van der Waals surface area contributed by atoms with Gasteiger partial charge in [-0.15, -0.1) is 0 Å². The van der Waals surface area contributed by atoms with Gasteiger partial charge in [0.05, 0.1) is 36.4 Å². The molecule has 0 fully saturated rings. The predicted molar refractivity (Wildman–Crippen MR) is 81.3 cm³/mol. The summed E-state index contributed by atoms with van der Waals surface area (Å²) in [5, 5.41) is 13.3. The summed E-state index contributed by atoms with van der Waals surface area (Å²) < 4.78 is 10.3. The molecular formula is C13H15BrN2O6. The summed E-state index contributed by atoms with van der Waals surface area (Å²) in [5.41, 5.74) is 0.309. The zero-order chi connectivity index (χ0) is 16.7. The van der Waals surface area contributed by atoms with Crippen LogP contribution in [-0.4, -0.2) is 43.8 Å². The fourth-order valence-electron chi connectivity index (χ4n) is 1.54. The molecule has 120 valence electrons. The number of methoxy groups -OCH3 is 2. The summed E-state index contributed by atoms with van der Waals surface area (Å²) >= 11 is 3.24. The van der Waals surface area contributed by atoms with Gasteiger partial charge >= 0.3 is 18.0 Å². The molecule has 3 N–H and O–H groups in total. The van der Waals surface area contributed by atoms with Gasteiger partial charge in [0.1, 0.15) is 5.75 Å². The number of amides is 2. The minimum atomic E-state index is -1.03. The molecular weight excluding hydrogens is 360 g/mol. The molecule has 22 heavy (non-hydrogen) atoms. The molecule has 0 saturated carbocycles. The molecule has 0 aliphatic heterocycles. The number of ether oxygens (including phenoxy) is 2. The average molecular weight is 375 g/mol. The number of nitrogens with one attached hydrogen (secondary N) is 2. The van der Waals surface area contributed by atoms with Gasteiger partial charge in [0.15, 0.2) is 0 Å². The van der Waals surface area contributed by atoms with Crippen LogP contribution in [0.4, 0.5) is 10.5 Å². The third-order valence-corrected chi connectivity index (χ3v) is 3.19. The van der Waals surface area contributed by atoms with Gasteiger partial charge in [0.2, 0.25) is 0 Å². The Morgan fingerprint density at radius 1 is 1.27 bits per heavy atom. The van der Waals surface area contributed by atoms with Crippen molar-refractivity contribution in [1.82, 2.24) is 5.32 Å². The normalized spacial score (nSPS) is 9.77. The van der Waals surface area contributed by atoms with Gasteiger partial charge in [-0.25, -0.2) is 9.59 Å². The van der Waals surface area contributed by atoms with Gasteiger partial charge in [-0.05, 0) is 22.0 Å². The summed E-state index contributed by atoms with van der Waals surface area (Å²) in [6, 6.07) is 2.26. The Morgan fingerprint density at radius 3 is 2.50 bits per heavy atom. The summed E-state index contributed by atoms with van der Waals surface area (Å²) in [4.78, 5) is 33.8. The Bertz CT molecular complexity index is 590. The molecule has 1 rings (SSSR count). The Labute approximate surface area is 134 Å². The van der Waals surface area contributed by atoms with Crippen molar-refractivity contribution < 1.29 is 29.0 Å². The number of aliphatic carboxylic acids is 1. The molecule has 1 aromatic rings. The molecule has 0 saturated heterocycles. The zero-order valence-corrected chi connectivity index (χ0v) is 13.5. The molecule has 0 aliphatic carbocycles. The second kappa shape index (κ2) is 8.23. The van der Waals surface area contributed by atoms with Crippen molar-refractivity contribution in [2.24, 2.45) is 0 Å². The monoisotopic (exact) mass is 374 g/mol. The third kappa shape index (κ3) is 4.92. The zero-order valence-electron chi connectivity index (χ0n) is 11.9. The highest BCUT2D eigenvalue weighted by Gasteiger charge is 2.17. The number of carboxylic acid groups (broad SMARTS) is 1. The lowest BCUT2D eigenvalue weighted by Gasteiger charge is -2.13. The number of carbonyl (C=O) groups excluding carboxylic acids is 2. The van der Waals surface area contributed by atoms with Gasteiger partial charge < -0.3 is 25.2 Å². The summed E-state index contributed by atoms with van der Waals surface area (Å²) in [6.45, 7) is -0.0393. The van der Waals surface area contributed by atoms with Crippen LogP contribution in [0.25, 0.3) is 0 Å². The maximum atomic E-state index is 11.7. The van der Waals surface area contributed by atoms with Crippen molar-refractivity contribution in [2.75, 3.05) is 26.1 Å². The molecule has 0 spiro atoms. The Morgan fingerprint density at radius 2 is 1.95 bits per heavy atom. The standard InChI is InChI=1S/C13H15BrN2O6/c1-21-10-6-9(7(5-8(10)14)12(19)22-2)16-13(20)15-4-3-11(17)18/h5-6H,3-4H2,1-2H3,(H,17,18)(H2,15,16,20). The van der Waals surface area contributed by atoms with Crippen LogP contribution in [0.2, 0.25) is 0 Å². The van der Waals surface area contributed by atoms with Crippen LogP contribution in [0.3, 0.4) is 0 Å². The van der Waals surface area contributed by atoms with Crippen LogP contribution in [-0.2, 0) is 9.53 Å². The number of benzene rings is 1. The van der Waals surface area contributed by atoms with Crippen LogP contribution >= 0.6 is 15.9 Å². The molecule has 0 radical (unpaired) electrons. The van der Waals surface area contributed by atoms with Gasteiger partial charge in [-0.2, -0.15) is 0 Å². The van der Waals surface area contributed by atoms with Gasteiger partial charge in [0.25, 0.3) is 0 Å². The number of halogens is 1. The van der Waals surface area contributed by atoms with E-state index < -0.39 is 18.0 Å². The van der Waals surface area contributed by atoms with Crippen LogP contribution in [0, 0.1) is 0 Å². The number of hydrogen-bond donors (Lipinski definition) is 3. The molecule has 0 atom stereocenters. The Hall–Kier alpha value is -2.29. The molecule has 8 nitrogen and oxygen atoms in total. The highest BCUT2D eigenvalue weighted by Crippen LogP contribution is 2.31. The van der Waals surface area contributed by atoms with Gasteiger partial charge in [0, 0.05) is 12.6 Å². The van der Waals surface area contributed by atoms with Crippen molar-refractivity contribution >= 4 is 39.6 Å². The molecule has 1 aromatic carbocycles. The molecule has 2 amide bonds. The van der Waals surface area contributed by atoms with E-state index in [0.717, 1.165) is 0 Å². The lowest BCUT2D eigenvalue weighted by molar-refractivity contribution is -0.136. The maximum Gasteiger partial charge on any atom is 0.340 e. The van der Waals surface area contributed by atoms with E-state index in [9.17, 15) is 14.4 Å². The van der Waals surface area contributed by atoms with E-state index in [2.05, 4.69) is 31.3 Å². The minimum absolute atomic E-state index is 0.0393. The highest BCUT2D eigenvalue weighted by molar-refractivity contribution is 9.10. The van der Waals surface area contributed by atoms with E-state index in [0.29, 0.717) is 10.2 Å². The van der Waals surface area contributed by atoms with E-state index in [1.807, 2.05) is 0 Å². The summed E-state index contributed by atoms with van der Waals surface area (Å²) in [5.74, 6) is -1.25. The lowest BCUT2D eigenvalue weighted by atomic mass is 10.1. The first-order chi connectivity index (χ1) is 10.4. The molecule has 9 heteroatoms. The number of carboxylic acids is 1. The third-order valence-electron chi connectivity index (χ3n) is 2.57. The van der Waals surface area contributed by atoms with Crippen molar-refractivity contribution in [3.05, 3.63) is 22.2 Å². The number of anilines is 1. The number of urea groups is 1. The van der Waals surface area contributed by atoms with Crippen molar-refractivity contribution in [1.29, 1.82) is 0 Å². The maximum absolute atomic E-state index is 11.7. The van der Waals surface area contributed by atoms with Gasteiger partial charge in [-0.1, -0.05) is 0 Å². The van der Waals surface area contributed by atoms with Crippen molar-refractivity contribution in [3.63, 3.8) is 0 Å². The van der Waals surface area contributed by atoms with Crippen LogP contribution < -0.4 is 15.4 Å².